The van der Waals surface area contributed by atoms with Crippen LogP contribution in [0.3, 0.4) is 0 Å². The summed E-state index contributed by atoms with van der Waals surface area (Å²) in [4.78, 5) is 14.9. The van der Waals surface area contributed by atoms with Crippen LogP contribution in [0, 0.1) is 0 Å². The van der Waals surface area contributed by atoms with Crippen molar-refractivity contribution in [3.05, 3.63) is 182 Å². The first-order valence-electron chi connectivity index (χ1n) is 19.0. The van der Waals surface area contributed by atoms with E-state index in [9.17, 15) is 0 Å². The Morgan fingerprint density at radius 3 is 1.63 bits per heavy atom. The van der Waals surface area contributed by atoms with Crippen molar-refractivity contribution < 1.29 is 8.83 Å². The second kappa shape index (κ2) is 12.3. The first-order chi connectivity index (χ1) is 28.2. The molecule has 0 saturated carbocycles. The first kappa shape index (κ1) is 31.5. The van der Waals surface area contributed by atoms with Crippen LogP contribution in [0.15, 0.2) is 191 Å². The second-order valence-corrected chi connectivity index (χ2v) is 14.4. The highest BCUT2D eigenvalue weighted by Gasteiger charge is 2.22. The zero-order valence-electron chi connectivity index (χ0n) is 30.4. The first-order valence-corrected chi connectivity index (χ1v) is 19.0. The zero-order valence-corrected chi connectivity index (χ0v) is 30.4. The third-order valence-corrected chi connectivity index (χ3v) is 11.0. The fourth-order valence-electron chi connectivity index (χ4n) is 8.41. The lowest BCUT2D eigenvalue weighted by Gasteiger charge is -2.11. The molecule has 0 radical (unpaired) electrons. The normalized spacial score (nSPS) is 11.9. The summed E-state index contributed by atoms with van der Waals surface area (Å²) < 4.78 is 15.8. The Balaban J connectivity index is 1.10. The van der Waals surface area contributed by atoms with Gasteiger partial charge in [0.25, 0.3) is 0 Å². The van der Waals surface area contributed by atoms with E-state index in [1.807, 2.05) is 78.9 Å². The topological polar surface area (TPSA) is 69.9 Å². The van der Waals surface area contributed by atoms with Crippen molar-refractivity contribution in [1.29, 1.82) is 0 Å². The van der Waals surface area contributed by atoms with E-state index in [0.717, 1.165) is 99.2 Å². The van der Waals surface area contributed by atoms with Gasteiger partial charge in [0.2, 0.25) is 0 Å². The molecule has 266 valence electrons. The molecule has 0 N–H and O–H groups in total. The van der Waals surface area contributed by atoms with Crippen LogP contribution in [0.1, 0.15) is 0 Å². The number of nitrogens with zero attached hydrogens (tertiary/aromatic N) is 4. The van der Waals surface area contributed by atoms with Gasteiger partial charge >= 0.3 is 0 Å². The molecule has 0 bridgehead atoms. The predicted molar refractivity (Wildman–Crippen MR) is 230 cm³/mol. The van der Waals surface area contributed by atoms with Gasteiger partial charge in [0.05, 0.1) is 16.4 Å². The van der Waals surface area contributed by atoms with Crippen LogP contribution in [0.25, 0.3) is 117 Å². The van der Waals surface area contributed by atoms with Gasteiger partial charge in [-0.05, 0) is 54.1 Å². The van der Waals surface area contributed by atoms with Crippen LogP contribution in [0.5, 0.6) is 0 Å². The largest absolute Gasteiger partial charge is 0.455 e. The number of hydrogen-bond acceptors (Lipinski definition) is 5. The molecule has 4 heterocycles. The van der Waals surface area contributed by atoms with Gasteiger partial charge < -0.3 is 13.4 Å². The van der Waals surface area contributed by atoms with Crippen molar-refractivity contribution in [2.75, 3.05) is 0 Å². The summed E-state index contributed by atoms with van der Waals surface area (Å²) in [5, 5.41) is 6.51. The maximum Gasteiger partial charge on any atom is 0.164 e. The van der Waals surface area contributed by atoms with Crippen LogP contribution in [0.4, 0.5) is 0 Å². The fourth-order valence-corrected chi connectivity index (χ4v) is 8.41. The Kier molecular flexibility index (Phi) is 6.83. The van der Waals surface area contributed by atoms with Crippen molar-refractivity contribution >= 4 is 65.7 Å². The predicted octanol–water partition coefficient (Wildman–Crippen LogP) is 13.4. The van der Waals surface area contributed by atoms with Crippen molar-refractivity contribution in [2.24, 2.45) is 0 Å². The quantitative estimate of drug-likeness (QED) is 0.176. The minimum Gasteiger partial charge on any atom is -0.455 e. The highest BCUT2D eigenvalue weighted by Crippen LogP contribution is 2.44. The monoisotopic (exact) mass is 730 g/mol. The van der Waals surface area contributed by atoms with Gasteiger partial charge in [-0.15, -0.1) is 0 Å². The van der Waals surface area contributed by atoms with E-state index >= 15 is 0 Å². The van der Waals surface area contributed by atoms with Gasteiger partial charge in [0, 0.05) is 54.9 Å². The van der Waals surface area contributed by atoms with E-state index in [0.29, 0.717) is 17.5 Å². The van der Waals surface area contributed by atoms with E-state index in [-0.39, 0.29) is 0 Å². The number of hydrogen-bond donors (Lipinski definition) is 0. The fraction of sp³-hybridized carbons (Fsp3) is 0. The molecule has 6 nitrogen and oxygen atoms in total. The molecule has 0 atom stereocenters. The summed E-state index contributed by atoms with van der Waals surface area (Å²) in [6.07, 6.45) is 0. The Hall–Kier alpha value is -7.83. The summed E-state index contributed by atoms with van der Waals surface area (Å²) >= 11 is 0. The highest BCUT2D eigenvalue weighted by atomic mass is 16.3. The van der Waals surface area contributed by atoms with Crippen molar-refractivity contribution in [2.45, 2.75) is 0 Å². The minimum absolute atomic E-state index is 0.580. The summed E-state index contributed by atoms with van der Waals surface area (Å²) in [5.74, 6) is 1.81. The lowest BCUT2D eigenvalue weighted by Crippen LogP contribution is -2.00. The summed E-state index contributed by atoms with van der Waals surface area (Å²) in [7, 11) is 0. The van der Waals surface area contributed by atoms with Gasteiger partial charge in [-0.2, -0.15) is 0 Å². The molecular weight excluding hydrogens is 701 g/mol. The van der Waals surface area contributed by atoms with Crippen molar-refractivity contribution in [1.82, 2.24) is 19.5 Å². The molecule has 6 heteroatoms. The van der Waals surface area contributed by atoms with Crippen LogP contribution in [-0.4, -0.2) is 19.5 Å². The maximum absolute atomic E-state index is 6.87. The second-order valence-electron chi connectivity index (χ2n) is 14.4. The zero-order chi connectivity index (χ0) is 37.5. The van der Waals surface area contributed by atoms with Crippen LogP contribution in [0.2, 0.25) is 0 Å². The number of aromatic nitrogens is 4. The molecule has 0 aliphatic carbocycles. The molecular formula is C51H30N4O2. The molecule has 0 fully saturated rings. The lowest BCUT2D eigenvalue weighted by molar-refractivity contribution is 0.670. The summed E-state index contributed by atoms with van der Waals surface area (Å²) in [5.41, 5.74) is 11.4. The minimum atomic E-state index is 0.580. The van der Waals surface area contributed by atoms with E-state index in [1.165, 1.54) is 0 Å². The van der Waals surface area contributed by atoms with Gasteiger partial charge in [-0.25, -0.2) is 15.0 Å². The Morgan fingerprint density at radius 2 is 0.912 bits per heavy atom. The maximum atomic E-state index is 6.87. The number of furan rings is 2. The van der Waals surface area contributed by atoms with E-state index in [1.54, 1.807) is 0 Å². The average molecular weight is 731 g/mol. The van der Waals surface area contributed by atoms with Crippen molar-refractivity contribution in [3.8, 4) is 51.0 Å². The van der Waals surface area contributed by atoms with Crippen LogP contribution < -0.4 is 0 Å². The molecule has 12 rings (SSSR count). The number of rotatable bonds is 5. The van der Waals surface area contributed by atoms with E-state index in [4.69, 9.17) is 23.8 Å². The number of fused-ring (bicyclic) bond motifs is 10. The SMILES string of the molecule is c1ccc(-c2nc(-c3ccccc3)nc(-c3ccc4c(c3)oc3c(-c5ccccc5)cc(-n5c6ccccc6c6c7oc8ccccc8c7ccc65)cc34)n2)cc1. The lowest BCUT2D eigenvalue weighted by atomic mass is 10.0. The smallest absolute Gasteiger partial charge is 0.164 e. The Labute approximate surface area is 325 Å². The van der Waals surface area contributed by atoms with Crippen molar-refractivity contribution in [3.63, 3.8) is 0 Å². The highest BCUT2D eigenvalue weighted by molar-refractivity contribution is 6.24. The molecule has 0 saturated heterocycles. The summed E-state index contributed by atoms with van der Waals surface area (Å²) in [6.45, 7) is 0. The standard InChI is InChI=1S/C51H30N4O2/c1-4-14-31(15-5-1)40-29-35(55-42-22-12-10-21-39(42)46-43(55)27-26-38-36-20-11-13-23-44(36)56-48(38)46)30-41-37-25-24-34(28-45(37)57-47(40)41)51-53-49(32-16-6-2-7-17-32)52-50(54-51)33-18-8-3-9-19-33/h1-30H. The third-order valence-electron chi connectivity index (χ3n) is 11.0. The van der Waals surface area contributed by atoms with Gasteiger partial charge in [-0.1, -0.05) is 133 Å². The van der Waals surface area contributed by atoms with Crippen LogP contribution in [-0.2, 0) is 0 Å². The van der Waals surface area contributed by atoms with Gasteiger partial charge in [0.1, 0.15) is 22.3 Å². The average Bonchev–Trinajstić information content (AvgIpc) is 3.96. The number of para-hydroxylation sites is 2. The van der Waals surface area contributed by atoms with Gasteiger partial charge in [0.15, 0.2) is 17.5 Å². The molecule has 12 aromatic rings. The molecule has 8 aromatic carbocycles. The van der Waals surface area contributed by atoms with E-state index < -0.39 is 0 Å². The summed E-state index contributed by atoms with van der Waals surface area (Å²) in [6, 6.07) is 62.6. The molecule has 4 aromatic heterocycles. The molecule has 0 spiro atoms. The van der Waals surface area contributed by atoms with Gasteiger partial charge in [-0.3, -0.25) is 0 Å². The van der Waals surface area contributed by atoms with E-state index in [2.05, 4.69) is 108 Å². The molecule has 0 aliphatic rings. The molecule has 0 amide bonds. The van der Waals surface area contributed by atoms with Crippen LogP contribution >= 0.6 is 0 Å². The molecule has 57 heavy (non-hydrogen) atoms. The Morgan fingerprint density at radius 1 is 0.351 bits per heavy atom. The Bertz CT molecular complexity index is 3450. The molecule has 0 unspecified atom stereocenters. The third kappa shape index (κ3) is 4.94. The number of benzene rings is 8. The molecule has 0 aliphatic heterocycles.